The third kappa shape index (κ3) is 6.24. The molecule has 7 heteroatoms. The van der Waals surface area contributed by atoms with Gasteiger partial charge in [-0.25, -0.2) is 0 Å². The number of nitrogens with one attached hydrogen (secondary N) is 2. The lowest BCUT2D eigenvalue weighted by atomic mass is 10.3. The lowest BCUT2D eigenvalue weighted by molar-refractivity contribution is -0.136. The van der Waals surface area contributed by atoms with Crippen LogP contribution in [0, 0.1) is 0 Å². The summed E-state index contributed by atoms with van der Waals surface area (Å²) >= 11 is 0. The van der Waals surface area contributed by atoms with Crippen molar-refractivity contribution in [2.24, 2.45) is 0 Å². The summed E-state index contributed by atoms with van der Waals surface area (Å²) in [7, 11) is 0. The van der Waals surface area contributed by atoms with E-state index in [4.69, 9.17) is 14.6 Å². The number of carbonyl (C=O) groups excluding carboxylic acids is 2. The van der Waals surface area contributed by atoms with Gasteiger partial charge in [-0.3, -0.25) is 9.59 Å². The van der Waals surface area contributed by atoms with Crippen LogP contribution in [0.2, 0.25) is 0 Å². The highest BCUT2D eigenvalue weighted by molar-refractivity contribution is 6.39. The molecule has 0 aliphatic rings. The minimum absolute atomic E-state index is 0.0807. The maximum Gasteiger partial charge on any atom is 0.313 e. The number of aliphatic hydroxyl groups is 1. The van der Waals surface area contributed by atoms with Crippen molar-refractivity contribution in [3.8, 4) is 5.75 Å². The number of ether oxygens (including phenoxy) is 2. The summed E-state index contributed by atoms with van der Waals surface area (Å²) < 4.78 is 10.3. The van der Waals surface area contributed by atoms with Gasteiger partial charge in [0.25, 0.3) is 0 Å². The zero-order valence-corrected chi connectivity index (χ0v) is 11.9. The largest absolute Gasteiger partial charge is 0.492 e. The third-order valence-corrected chi connectivity index (χ3v) is 2.41. The fraction of sp³-hybridized carbons (Fsp3) is 0.429. The molecule has 0 atom stereocenters. The van der Waals surface area contributed by atoms with Gasteiger partial charge < -0.3 is 25.2 Å². The normalized spacial score (nSPS) is 10.0. The lowest BCUT2D eigenvalue weighted by Gasteiger charge is -2.11. The van der Waals surface area contributed by atoms with Crippen molar-refractivity contribution >= 4 is 17.5 Å². The first-order chi connectivity index (χ1) is 10.2. The molecule has 0 unspecified atom stereocenters. The molecule has 0 saturated heterocycles. The van der Waals surface area contributed by atoms with Crippen molar-refractivity contribution in [1.29, 1.82) is 0 Å². The Balaban J connectivity index is 2.43. The highest BCUT2D eigenvalue weighted by Crippen LogP contribution is 2.23. The van der Waals surface area contributed by atoms with Crippen molar-refractivity contribution in [3.63, 3.8) is 0 Å². The summed E-state index contributed by atoms with van der Waals surface area (Å²) in [4.78, 5) is 23.3. The number of hydrogen-bond acceptors (Lipinski definition) is 5. The van der Waals surface area contributed by atoms with E-state index in [2.05, 4.69) is 10.6 Å². The summed E-state index contributed by atoms with van der Waals surface area (Å²) in [5.41, 5.74) is 0.441. The van der Waals surface area contributed by atoms with Crippen LogP contribution in [0.4, 0.5) is 5.69 Å². The van der Waals surface area contributed by atoms with Gasteiger partial charge in [-0.15, -0.1) is 0 Å². The Bertz CT molecular complexity index is 464. The number of benzene rings is 1. The summed E-state index contributed by atoms with van der Waals surface area (Å²) in [6.07, 6.45) is 0. The van der Waals surface area contributed by atoms with Gasteiger partial charge in [0.15, 0.2) is 0 Å². The minimum atomic E-state index is -0.774. The minimum Gasteiger partial charge on any atom is -0.492 e. The molecule has 0 aliphatic heterocycles. The number of hydrogen-bond donors (Lipinski definition) is 3. The van der Waals surface area contributed by atoms with E-state index in [0.717, 1.165) is 0 Å². The quantitative estimate of drug-likeness (QED) is 0.469. The van der Waals surface area contributed by atoms with Gasteiger partial charge in [0.1, 0.15) is 5.75 Å². The molecule has 0 saturated carbocycles. The predicted molar refractivity (Wildman–Crippen MR) is 77.2 cm³/mol. The van der Waals surface area contributed by atoms with Crippen LogP contribution in [-0.4, -0.2) is 49.9 Å². The number of aliphatic hydroxyl groups excluding tert-OH is 1. The average Bonchev–Trinajstić information content (AvgIpc) is 2.49. The van der Waals surface area contributed by atoms with Crippen LogP contribution in [0.15, 0.2) is 24.3 Å². The van der Waals surface area contributed by atoms with E-state index < -0.39 is 11.8 Å². The molecule has 21 heavy (non-hydrogen) atoms. The fourth-order valence-corrected chi connectivity index (χ4v) is 1.51. The van der Waals surface area contributed by atoms with E-state index >= 15 is 0 Å². The second kappa shape index (κ2) is 9.73. The van der Waals surface area contributed by atoms with E-state index in [1.165, 1.54) is 0 Å². The summed E-state index contributed by atoms with van der Waals surface area (Å²) in [6.45, 7) is 2.83. The molecular formula is C14H20N2O5. The van der Waals surface area contributed by atoms with Crippen LogP contribution in [-0.2, 0) is 14.3 Å². The predicted octanol–water partition coefficient (Wildman–Crippen LogP) is 0.149. The number of para-hydroxylation sites is 2. The zero-order valence-electron chi connectivity index (χ0n) is 11.9. The van der Waals surface area contributed by atoms with Crippen LogP contribution in [0.1, 0.15) is 6.92 Å². The monoisotopic (exact) mass is 296 g/mol. The highest BCUT2D eigenvalue weighted by Gasteiger charge is 2.15. The molecule has 3 N–H and O–H groups in total. The van der Waals surface area contributed by atoms with Crippen molar-refractivity contribution in [1.82, 2.24) is 5.32 Å². The molecule has 1 rings (SSSR count). The van der Waals surface area contributed by atoms with Crippen LogP contribution in [0.25, 0.3) is 0 Å². The zero-order chi connectivity index (χ0) is 15.5. The van der Waals surface area contributed by atoms with E-state index in [0.29, 0.717) is 18.0 Å². The van der Waals surface area contributed by atoms with Gasteiger partial charge in [0, 0.05) is 6.54 Å². The summed E-state index contributed by atoms with van der Waals surface area (Å²) in [5, 5.41) is 13.4. The molecule has 116 valence electrons. The highest BCUT2D eigenvalue weighted by atomic mass is 16.5. The molecule has 0 aromatic heterocycles. The maximum atomic E-state index is 11.7. The maximum absolute atomic E-state index is 11.7. The molecular weight excluding hydrogens is 276 g/mol. The van der Waals surface area contributed by atoms with Crippen molar-refractivity contribution in [3.05, 3.63) is 24.3 Å². The Kier molecular flexibility index (Phi) is 7.85. The molecule has 0 fully saturated rings. The number of anilines is 1. The van der Waals surface area contributed by atoms with Crippen molar-refractivity contribution in [2.75, 3.05) is 38.3 Å². The lowest BCUT2D eigenvalue weighted by Crippen LogP contribution is -2.37. The Morgan fingerprint density at radius 2 is 1.95 bits per heavy atom. The van der Waals surface area contributed by atoms with E-state index in [9.17, 15) is 9.59 Å². The van der Waals surface area contributed by atoms with Gasteiger partial charge in [0.2, 0.25) is 0 Å². The topological polar surface area (TPSA) is 96.9 Å². The van der Waals surface area contributed by atoms with Gasteiger partial charge >= 0.3 is 11.8 Å². The standard InChI is InChI=1S/C14H20N2O5/c1-2-21-12-6-4-3-5-11(12)16-14(19)13(18)15-7-9-20-10-8-17/h3-6,17H,2,7-10H2,1H3,(H,15,18)(H,16,19). The van der Waals surface area contributed by atoms with Gasteiger partial charge in [-0.05, 0) is 19.1 Å². The second-order valence-corrected chi connectivity index (χ2v) is 3.98. The average molecular weight is 296 g/mol. The Morgan fingerprint density at radius 1 is 1.19 bits per heavy atom. The molecule has 0 spiro atoms. The first-order valence-corrected chi connectivity index (χ1v) is 6.68. The van der Waals surface area contributed by atoms with Gasteiger partial charge in [-0.1, -0.05) is 12.1 Å². The first-order valence-electron chi connectivity index (χ1n) is 6.68. The van der Waals surface area contributed by atoms with Gasteiger partial charge in [-0.2, -0.15) is 0 Å². The molecule has 0 heterocycles. The van der Waals surface area contributed by atoms with Crippen molar-refractivity contribution in [2.45, 2.75) is 6.92 Å². The molecule has 0 bridgehead atoms. The fourth-order valence-electron chi connectivity index (χ4n) is 1.51. The number of amides is 2. The van der Waals surface area contributed by atoms with Crippen LogP contribution >= 0.6 is 0 Å². The van der Waals surface area contributed by atoms with E-state index in [1.54, 1.807) is 24.3 Å². The molecule has 2 amide bonds. The van der Waals surface area contributed by atoms with E-state index in [-0.39, 0.29) is 26.4 Å². The number of rotatable bonds is 8. The van der Waals surface area contributed by atoms with Gasteiger partial charge in [0.05, 0.1) is 32.1 Å². The molecule has 1 aromatic carbocycles. The summed E-state index contributed by atoms with van der Waals surface area (Å²) in [5.74, 6) is -1.02. The van der Waals surface area contributed by atoms with Crippen LogP contribution < -0.4 is 15.4 Å². The van der Waals surface area contributed by atoms with E-state index in [1.807, 2.05) is 6.92 Å². The molecule has 0 aliphatic carbocycles. The molecule has 0 radical (unpaired) electrons. The molecule has 7 nitrogen and oxygen atoms in total. The number of carbonyl (C=O) groups is 2. The SMILES string of the molecule is CCOc1ccccc1NC(=O)C(=O)NCCOCCO. The Labute approximate surface area is 123 Å². The third-order valence-electron chi connectivity index (χ3n) is 2.41. The Hall–Kier alpha value is -2.12. The van der Waals surface area contributed by atoms with Crippen molar-refractivity contribution < 1.29 is 24.2 Å². The van der Waals surface area contributed by atoms with Crippen LogP contribution in [0.5, 0.6) is 5.75 Å². The van der Waals surface area contributed by atoms with Crippen LogP contribution in [0.3, 0.4) is 0 Å². The molecule has 1 aromatic rings. The smallest absolute Gasteiger partial charge is 0.313 e. The first kappa shape index (κ1) is 16.9. The second-order valence-electron chi connectivity index (χ2n) is 3.98. The summed E-state index contributed by atoms with van der Waals surface area (Å²) in [6, 6.07) is 6.87. The Morgan fingerprint density at radius 3 is 2.67 bits per heavy atom.